The zero-order valence-corrected chi connectivity index (χ0v) is 13.4. The van der Waals surface area contributed by atoms with Crippen LogP contribution >= 0.6 is 0 Å². The van der Waals surface area contributed by atoms with E-state index in [0.717, 1.165) is 24.8 Å². The second-order valence-electron chi connectivity index (χ2n) is 6.21. The standard InChI is InChI=1S/C18H22N2O3/c1-2-18(13-21)8-10-20(11-9-18)17(22)15-12-23-16(19-15)14-6-4-3-5-7-14/h3-7,12,21H,2,8-11,13H2,1H3. The van der Waals surface area contributed by atoms with E-state index in [9.17, 15) is 9.90 Å². The average Bonchev–Trinajstić information content (AvgIpc) is 3.12. The molecular weight excluding hydrogens is 292 g/mol. The molecule has 2 aromatic rings. The second kappa shape index (κ2) is 6.54. The third kappa shape index (κ3) is 3.15. The fourth-order valence-electron chi connectivity index (χ4n) is 3.05. The zero-order chi connectivity index (χ0) is 16.3. The average molecular weight is 314 g/mol. The maximum atomic E-state index is 12.6. The molecule has 1 aliphatic rings. The first-order valence-corrected chi connectivity index (χ1v) is 8.08. The molecule has 0 aliphatic carbocycles. The molecule has 0 spiro atoms. The summed E-state index contributed by atoms with van der Waals surface area (Å²) < 4.78 is 5.45. The van der Waals surface area contributed by atoms with Crippen molar-refractivity contribution in [2.75, 3.05) is 19.7 Å². The number of oxazole rings is 1. The molecule has 122 valence electrons. The van der Waals surface area contributed by atoms with Crippen molar-refractivity contribution < 1.29 is 14.3 Å². The number of rotatable bonds is 4. The lowest BCUT2D eigenvalue weighted by Crippen LogP contribution is -2.44. The molecule has 0 bridgehead atoms. The molecule has 5 nitrogen and oxygen atoms in total. The highest BCUT2D eigenvalue weighted by Crippen LogP contribution is 2.34. The summed E-state index contributed by atoms with van der Waals surface area (Å²) in [6, 6.07) is 9.54. The maximum Gasteiger partial charge on any atom is 0.275 e. The van der Waals surface area contributed by atoms with Crippen molar-refractivity contribution in [2.45, 2.75) is 26.2 Å². The molecule has 1 fully saturated rings. The number of nitrogens with zero attached hydrogens (tertiary/aromatic N) is 2. The number of carbonyl (C=O) groups excluding carboxylic acids is 1. The topological polar surface area (TPSA) is 66.6 Å². The Morgan fingerprint density at radius 2 is 2.00 bits per heavy atom. The van der Waals surface area contributed by atoms with Crippen LogP contribution in [0, 0.1) is 5.41 Å². The normalized spacial score (nSPS) is 17.2. The second-order valence-corrected chi connectivity index (χ2v) is 6.21. The fraction of sp³-hybridized carbons (Fsp3) is 0.444. The molecule has 0 atom stereocenters. The summed E-state index contributed by atoms with van der Waals surface area (Å²) >= 11 is 0. The number of aliphatic hydroxyl groups is 1. The number of carbonyl (C=O) groups is 1. The molecule has 1 aliphatic heterocycles. The molecule has 2 heterocycles. The smallest absolute Gasteiger partial charge is 0.275 e. The van der Waals surface area contributed by atoms with Crippen molar-refractivity contribution in [3.8, 4) is 11.5 Å². The molecule has 1 aromatic heterocycles. The summed E-state index contributed by atoms with van der Waals surface area (Å²) in [7, 11) is 0. The van der Waals surface area contributed by atoms with Gasteiger partial charge in [0.2, 0.25) is 5.89 Å². The Morgan fingerprint density at radius 1 is 1.30 bits per heavy atom. The van der Waals surface area contributed by atoms with Crippen LogP contribution in [0.5, 0.6) is 0 Å². The van der Waals surface area contributed by atoms with Gasteiger partial charge >= 0.3 is 0 Å². The third-order valence-electron chi connectivity index (χ3n) is 4.94. The van der Waals surface area contributed by atoms with Gasteiger partial charge in [0.05, 0.1) is 0 Å². The van der Waals surface area contributed by atoms with Crippen LogP contribution in [0.25, 0.3) is 11.5 Å². The minimum Gasteiger partial charge on any atom is -0.444 e. The minimum atomic E-state index is -0.0985. The number of likely N-dealkylation sites (tertiary alicyclic amines) is 1. The number of aromatic nitrogens is 1. The minimum absolute atomic E-state index is 0.0319. The first-order chi connectivity index (χ1) is 11.2. The molecule has 1 amide bonds. The van der Waals surface area contributed by atoms with Crippen molar-refractivity contribution in [1.29, 1.82) is 0 Å². The molecule has 0 unspecified atom stereocenters. The highest BCUT2D eigenvalue weighted by atomic mass is 16.3. The van der Waals surface area contributed by atoms with Gasteiger partial charge in [-0.3, -0.25) is 4.79 Å². The molecule has 0 radical (unpaired) electrons. The van der Waals surface area contributed by atoms with E-state index in [1.165, 1.54) is 6.26 Å². The van der Waals surface area contributed by atoms with Gasteiger partial charge in [-0.25, -0.2) is 4.98 Å². The predicted molar refractivity (Wildman–Crippen MR) is 86.9 cm³/mol. The van der Waals surface area contributed by atoms with Crippen LogP contribution in [0.3, 0.4) is 0 Å². The van der Waals surface area contributed by atoms with Gasteiger partial charge in [0.1, 0.15) is 6.26 Å². The molecule has 23 heavy (non-hydrogen) atoms. The van der Waals surface area contributed by atoms with E-state index in [4.69, 9.17) is 4.42 Å². The number of hydrogen-bond donors (Lipinski definition) is 1. The van der Waals surface area contributed by atoms with Gasteiger partial charge in [0.15, 0.2) is 5.69 Å². The summed E-state index contributed by atoms with van der Waals surface area (Å²) in [5, 5.41) is 9.58. The summed E-state index contributed by atoms with van der Waals surface area (Å²) in [4.78, 5) is 18.7. The SMILES string of the molecule is CCC1(CO)CCN(C(=O)c2coc(-c3ccccc3)n2)CC1. The molecule has 3 rings (SSSR count). The van der Waals surface area contributed by atoms with Gasteiger partial charge in [0.25, 0.3) is 5.91 Å². The summed E-state index contributed by atoms with van der Waals surface area (Å²) in [6.45, 7) is 3.59. The summed E-state index contributed by atoms with van der Waals surface area (Å²) in [5.41, 5.74) is 1.17. The van der Waals surface area contributed by atoms with Crippen molar-refractivity contribution in [3.05, 3.63) is 42.3 Å². The monoisotopic (exact) mass is 314 g/mol. The van der Waals surface area contributed by atoms with Gasteiger partial charge in [-0.15, -0.1) is 0 Å². The Kier molecular flexibility index (Phi) is 4.48. The first kappa shape index (κ1) is 15.7. The van der Waals surface area contributed by atoms with Crippen LogP contribution in [-0.4, -0.2) is 40.6 Å². The van der Waals surface area contributed by atoms with E-state index in [2.05, 4.69) is 11.9 Å². The zero-order valence-electron chi connectivity index (χ0n) is 13.4. The molecule has 0 saturated carbocycles. The Morgan fingerprint density at radius 3 is 2.61 bits per heavy atom. The molecular formula is C18H22N2O3. The molecule has 1 aromatic carbocycles. The van der Waals surface area contributed by atoms with Crippen molar-refractivity contribution in [2.24, 2.45) is 5.41 Å². The van der Waals surface area contributed by atoms with E-state index in [1.54, 1.807) is 4.90 Å². The van der Waals surface area contributed by atoms with Crippen LogP contribution in [0.15, 0.2) is 41.0 Å². The number of amides is 1. The lowest BCUT2D eigenvalue weighted by Gasteiger charge is -2.39. The lowest BCUT2D eigenvalue weighted by molar-refractivity contribution is 0.0334. The maximum absolute atomic E-state index is 12.6. The Balaban J connectivity index is 1.69. The molecule has 5 heteroatoms. The van der Waals surface area contributed by atoms with E-state index < -0.39 is 0 Å². The van der Waals surface area contributed by atoms with Crippen molar-refractivity contribution in [3.63, 3.8) is 0 Å². The number of benzene rings is 1. The van der Waals surface area contributed by atoms with E-state index in [1.807, 2.05) is 30.3 Å². The Labute approximate surface area is 135 Å². The van der Waals surface area contributed by atoms with Crippen LogP contribution < -0.4 is 0 Å². The van der Waals surface area contributed by atoms with Crippen LogP contribution in [0.1, 0.15) is 36.7 Å². The van der Waals surface area contributed by atoms with Crippen molar-refractivity contribution in [1.82, 2.24) is 9.88 Å². The number of aliphatic hydroxyl groups excluding tert-OH is 1. The largest absolute Gasteiger partial charge is 0.444 e. The van der Waals surface area contributed by atoms with E-state index in [-0.39, 0.29) is 17.9 Å². The summed E-state index contributed by atoms with van der Waals surface area (Å²) in [5.74, 6) is 0.364. The first-order valence-electron chi connectivity index (χ1n) is 8.08. The number of piperidine rings is 1. The quantitative estimate of drug-likeness (QED) is 0.942. The molecule has 1 N–H and O–H groups in total. The summed E-state index contributed by atoms with van der Waals surface area (Å²) in [6.07, 6.45) is 4.02. The highest BCUT2D eigenvalue weighted by Gasteiger charge is 2.34. The van der Waals surface area contributed by atoms with Gasteiger partial charge in [-0.05, 0) is 36.8 Å². The Bertz CT molecular complexity index is 652. The Hall–Kier alpha value is -2.14. The van der Waals surface area contributed by atoms with E-state index in [0.29, 0.717) is 24.7 Å². The van der Waals surface area contributed by atoms with Crippen LogP contribution in [0.4, 0.5) is 0 Å². The van der Waals surface area contributed by atoms with Crippen LogP contribution in [0.2, 0.25) is 0 Å². The lowest BCUT2D eigenvalue weighted by atomic mass is 9.77. The van der Waals surface area contributed by atoms with Crippen LogP contribution in [-0.2, 0) is 0 Å². The van der Waals surface area contributed by atoms with Gasteiger partial charge in [0, 0.05) is 25.3 Å². The molecule has 1 saturated heterocycles. The van der Waals surface area contributed by atoms with Gasteiger partial charge in [-0.1, -0.05) is 25.1 Å². The van der Waals surface area contributed by atoms with Gasteiger partial charge < -0.3 is 14.4 Å². The van der Waals surface area contributed by atoms with Crippen molar-refractivity contribution >= 4 is 5.91 Å². The van der Waals surface area contributed by atoms with Gasteiger partial charge in [-0.2, -0.15) is 0 Å². The number of hydrogen-bond acceptors (Lipinski definition) is 4. The highest BCUT2D eigenvalue weighted by molar-refractivity contribution is 5.92. The third-order valence-corrected chi connectivity index (χ3v) is 4.94. The predicted octanol–water partition coefficient (Wildman–Crippen LogP) is 2.97. The fourth-order valence-corrected chi connectivity index (χ4v) is 3.05. The van der Waals surface area contributed by atoms with E-state index >= 15 is 0 Å².